The Bertz CT molecular complexity index is 556. The lowest BCUT2D eigenvalue weighted by atomic mass is 10.0. The molecule has 0 aromatic heterocycles. The molecule has 18 heavy (non-hydrogen) atoms. The SMILES string of the molecule is C/C(=C\C(=N/O)c1ccccc1)c1ccccc1. The molecule has 0 aliphatic rings. The Morgan fingerprint density at radius 2 is 1.39 bits per heavy atom. The molecule has 0 amide bonds. The van der Waals surface area contributed by atoms with Gasteiger partial charge < -0.3 is 5.21 Å². The fourth-order valence-electron chi connectivity index (χ4n) is 1.77. The number of rotatable bonds is 3. The van der Waals surface area contributed by atoms with E-state index >= 15 is 0 Å². The summed E-state index contributed by atoms with van der Waals surface area (Å²) in [7, 11) is 0. The van der Waals surface area contributed by atoms with Crippen molar-refractivity contribution in [3.05, 3.63) is 77.9 Å². The standard InChI is InChI=1S/C16H15NO/c1-13(14-8-4-2-5-9-14)12-16(17-18)15-10-6-3-7-11-15/h2-12,18H,1H3/b13-12+,17-16+. The van der Waals surface area contributed by atoms with Gasteiger partial charge in [0.05, 0.1) is 0 Å². The summed E-state index contributed by atoms with van der Waals surface area (Å²) < 4.78 is 0. The third-order valence-electron chi connectivity index (χ3n) is 2.76. The highest BCUT2D eigenvalue weighted by molar-refractivity contribution is 6.11. The number of benzene rings is 2. The molecule has 0 atom stereocenters. The fraction of sp³-hybridized carbons (Fsp3) is 0.0625. The van der Waals surface area contributed by atoms with E-state index in [0.717, 1.165) is 16.7 Å². The Balaban J connectivity index is 2.32. The third-order valence-corrected chi connectivity index (χ3v) is 2.76. The van der Waals surface area contributed by atoms with E-state index in [-0.39, 0.29) is 0 Å². The van der Waals surface area contributed by atoms with Crippen LogP contribution < -0.4 is 0 Å². The van der Waals surface area contributed by atoms with Gasteiger partial charge in [-0.05, 0) is 24.1 Å². The quantitative estimate of drug-likeness (QED) is 0.489. The van der Waals surface area contributed by atoms with Gasteiger partial charge in [0, 0.05) is 5.56 Å². The topological polar surface area (TPSA) is 32.6 Å². The molecule has 2 nitrogen and oxygen atoms in total. The van der Waals surface area contributed by atoms with Crippen LogP contribution in [0.2, 0.25) is 0 Å². The van der Waals surface area contributed by atoms with E-state index in [0.29, 0.717) is 5.71 Å². The minimum Gasteiger partial charge on any atom is -0.410 e. The van der Waals surface area contributed by atoms with Crippen LogP contribution >= 0.6 is 0 Å². The lowest BCUT2D eigenvalue weighted by Gasteiger charge is -2.03. The second-order valence-electron chi connectivity index (χ2n) is 4.04. The molecular formula is C16H15NO. The number of allylic oxidation sites excluding steroid dienone is 2. The fourth-order valence-corrected chi connectivity index (χ4v) is 1.77. The van der Waals surface area contributed by atoms with Crippen LogP contribution in [0.4, 0.5) is 0 Å². The van der Waals surface area contributed by atoms with E-state index < -0.39 is 0 Å². The molecule has 90 valence electrons. The summed E-state index contributed by atoms with van der Waals surface area (Å²) in [5.74, 6) is 0. The maximum absolute atomic E-state index is 9.12. The summed E-state index contributed by atoms with van der Waals surface area (Å²) in [5, 5.41) is 12.5. The van der Waals surface area contributed by atoms with Gasteiger partial charge in [0.1, 0.15) is 5.71 Å². The molecule has 2 aromatic carbocycles. The van der Waals surface area contributed by atoms with Crippen LogP contribution in [0.15, 0.2) is 71.9 Å². The highest BCUT2D eigenvalue weighted by Gasteiger charge is 2.02. The average Bonchev–Trinajstić information content (AvgIpc) is 2.46. The Labute approximate surface area is 107 Å². The van der Waals surface area contributed by atoms with Crippen molar-refractivity contribution in [2.45, 2.75) is 6.92 Å². The van der Waals surface area contributed by atoms with E-state index in [9.17, 15) is 0 Å². The van der Waals surface area contributed by atoms with Gasteiger partial charge in [0.2, 0.25) is 0 Å². The zero-order valence-electron chi connectivity index (χ0n) is 10.2. The second-order valence-corrected chi connectivity index (χ2v) is 4.04. The highest BCUT2D eigenvalue weighted by Crippen LogP contribution is 2.14. The van der Waals surface area contributed by atoms with Crippen LogP contribution in [0.3, 0.4) is 0 Å². The second kappa shape index (κ2) is 5.82. The lowest BCUT2D eigenvalue weighted by molar-refractivity contribution is 0.320. The number of oxime groups is 1. The molecule has 2 aromatic rings. The van der Waals surface area contributed by atoms with E-state index in [1.54, 1.807) is 0 Å². The number of hydrogen-bond donors (Lipinski definition) is 1. The summed E-state index contributed by atoms with van der Waals surface area (Å²) >= 11 is 0. The summed E-state index contributed by atoms with van der Waals surface area (Å²) in [6.07, 6.45) is 1.88. The molecule has 0 saturated carbocycles. The van der Waals surface area contributed by atoms with E-state index in [4.69, 9.17) is 5.21 Å². The van der Waals surface area contributed by atoms with Crippen LogP contribution in [-0.2, 0) is 0 Å². The number of nitrogens with zero attached hydrogens (tertiary/aromatic N) is 1. The van der Waals surface area contributed by atoms with Crippen LogP contribution in [0.5, 0.6) is 0 Å². The predicted molar refractivity (Wildman–Crippen MR) is 74.9 cm³/mol. The molecule has 0 aliphatic carbocycles. The first kappa shape index (κ1) is 12.1. The molecular weight excluding hydrogens is 222 g/mol. The van der Waals surface area contributed by atoms with Gasteiger partial charge in [-0.25, -0.2) is 0 Å². The molecule has 2 heteroatoms. The van der Waals surface area contributed by atoms with E-state index in [1.165, 1.54) is 0 Å². The first-order chi connectivity index (χ1) is 8.81. The van der Waals surface area contributed by atoms with Crippen molar-refractivity contribution in [3.8, 4) is 0 Å². The molecule has 1 N–H and O–H groups in total. The van der Waals surface area contributed by atoms with Gasteiger partial charge in [-0.2, -0.15) is 0 Å². The molecule has 0 saturated heterocycles. The van der Waals surface area contributed by atoms with Gasteiger partial charge in [0.25, 0.3) is 0 Å². The summed E-state index contributed by atoms with van der Waals surface area (Å²) in [4.78, 5) is 0. The largest absolute Gasteiger partial charge is 0.410 e. The Kier molecular flexibility index (Phi) is 3.92. The molecule has 0 unspecified atom stereocenters. The number of hydrogen-bond acceptors (Lipinski definition) is 2. The van der Waals surface area contributed by atoms with Crippen molar-refractivity contribution in [2.75, 3.05) is 0 Å². The zero-order chi connectivity index (χ0) is 12.8. The van der Waals surface area contributed by atoms with Gasteiger partial charge in [-0.3, -0.25) is 0 Å². The lowest BCUT2D eigenvalue weighted by Crippen LogP contribution is -1.97. The predicted octanol–water partition coefficient (Wildman–Crippen LogP) is 3.97. The van der Waals surface area contributed by atoms with Crippen molar-refractivity contribution >= 4 is 11.3 Å². The molecule has 0 fully saturated rings. The van der Waals surface area contributed by atoms with Crippen LogP contribution in [0.1, 0.15) is 18.1 Å². The van der Waals surface area contributed by atoms with Crippen molar-refractivity contribution in [2.24, 2.45) is 5.16 Å². The Hall–Kier alpha value is -2.35. The minimum atomic E-state index is 0.567. The molecule has 2 rings (SSSR count). The molecule has 0 heterocycles. The van der Waals surface area contributed by atoms with E-state index in [2.05, 4.69) is 5.16 Å². The van der Waals surface area contributed by atoms with Crippen LogP contribution in [-0.4, -0.2) is 10.9 Å². The Morgan fingerprint density at radius 1 is 0.889 bits per heavy atom. The van der Waals surface area contributed by atoms with E-state index in [1.807, 2.05) is 73.7 Å². The van der Waals surface area contributed by atoms with Crippen molar-refractivity contribution in [1.82, 2.24) is 0 Å². The summed E-state index contributed by atoms with van der Waals surface area (Å²) in [5.41, 5.74) is 3.65. The monoisotopic (exact) mass is 237 g/mol. The van der Waals surface area contributed by atoms with Gasteiger partial charge in [0.15, 0.2) is 0 Å². The zero-order valence-corrected chi connectivity index (χ0v) is 10.2. The minimum absolute atomic E-state index is 0.567. The van der Waals surface area contributed by atoms with Crippen molar-refractivity contribution in [3.63, 3.8) is 0 Å². The maximum atomic E-state index is 9.12. The molecule has 0 bridgehead atoms. The first-order valence-corrected chi connectivity index (χ1v) is 5.82. The smallest absolute Gasteiger partial charge is 0.110 e. The average molecular weight is 237 g/mol. The normalized spacial score (nSPS) is 12.5. The maximum Gasteiger partial charge on any atom is 0.110 e. The molecule has 0 radical (unpaired) electrons. The van der Waals surface area contributed by atoms with Crippen LogP contribution in [0, 0.1) is 0 Å². The van der Waals surface area contributed by atoms with Gasteiger partial charge in [-0.15, -0.1) is 0 Å². The van der Waals surface area contributed by atoms with Gasteiger partial charge >= 0.3 is 0 Å². The molecule has 0 aliphatic heterocycles. The van der Waals surface area contributed by atoms with Crippen LogP contribution in [0.25, 0.3) is 5.57 Å². The van der Waals surface area contributed by atoms with Gasteiger partial charge in [-0.1, -0.05) is 65.8 Å². The summed E-state index contributed by atoms with van der Waals surface area (Å²) in [6, 6.07) is 19.7. The summed E-state index contributed by atoms with van der Waals surface area (Å²) in [6.45, 7) is 2.00. The van der Waals surface area contributed by atoms with Crippen molar-refractivity contribution in [1.29, 1.82) is 0 Å². The first-order valence-electron chi connectivity index (χ1n) is 5.82. The van der Waals surface area contributed by atoms with Crippen molar-refractivity contribution < 1.29 is 5.21 Å². The Morgan fingerprint density at radius 3 is 1.89 bits per heavy atom. The molecule has 0 spiro atoms. The third kappa shape index (κ3) is 2.86. The highest BCUT2D eigenvalue weighted by atomic mass is 16.4.